The minimum atomic E-state index is -0.269. The fraction of sp³-hybridized carbons (Fsp3) is 0.0667. The fourth-order valence-electron chi connectivity index (χ4n) is 1.93. The number of rotatable bonds is 4. The lowest BCUT2D eigenvalue weighted by molar-refractivity contribution is 0.306. The van der Waals surface area contributed by atoms with Gasteiger partial charge in [-0.05, 0) is 29.8 Å². The van der Waals surface area contributed by atoms with Crippen molar-refractivity contribution in [3.8, 4) is 5.75 Å². The SMILES string of the molecule is ONc1coc2cc(OCc3ccc(F)cc3)ccc12. The second-order valence-corrected chi connectivity index (χ2v) is 4.33. The van der Waals surface area contributed by atoms with E-state index in [1.807, 2.05) is 0 Å². The van der Waals surface area contributed by atoms with E-state index < -0.39 is 0 Å². The maximum atomic E-state index is 12.8. The van der Waals surface area contributed by atoms with Crippen LogP contribution >= 0.6 is 0 Å². The third-order valence-corrected chi connectivity index (χ3v) is 2.99. The van der Waals surface area contributed by atoms with E-state index in [1.165, 1.54) is 18.4 Å². The molecule has 0 saturated carbocycles. The first kappa shape index (κ1) is 12.5. The summed E-state index contributed by atoms with van der Waals surface area (Å²) < 4.78 is 23.7. The molecule has 0 spiro atoms. The van der Waals surface area contributed by atoms with Crippen LogP contribution in [0.15, 0.2) is 53.1 Å². The summed E-state index contributed by atoms with van der Waals surface area (Å²) in [6.07, 6.45) is 1.43. The summed E-state index contributed by atoms with van der Waals surface area (Å²) >= 11 is 0. The Balaban J connectivity index is 1.76. The normalized spacial score (nSPS) is 10.7. The predicted molar refractivity (Wildman–Crippen MR) is 72.4 cm³/mol. The van der Waals surface area contributed by atoms with Gasteiger partial charge in [0.15, 0.2) is 0 Å². The molecule has 0 fully saturated rings. The molecule has 5 heteroatoms. The van der Waals surface area contributed by atoms with Crippen LogP contribution in [-0.4, -0.2) is 5.21 Å². The first-order valence-electron chi connectivity index (χ1n) is 6.05. The highest BCUT2D eigenvalue weighted by Gasteiger charge is 2.06. The Morgan fingerprint density at radius 2 is 1.95 bits per heavy atom. The van der Waals surface area contributed by atoms with Crippen LogP contribution in [0.5, 0.6) is 5.75 Å². The first-order valence-corrected chi connectivity index (χ1v) is 6.05. The molecule has 0 aliphatic heterocycles. The quantitative estimate of drug-likeness (QED) is 0.707. The zero-order valence-corrected chi connectivity index (χ0v) is 10.5. The van der Waals surface area contributed by atoms with Gasteiger partial charge in [-0.1, -0.05) is 12.1 Å². The van der Waals surface area contributed by atoms with Crippen LogP contribution in [0.2, 0.25) is 0 Å². The summed E-state index contributed by atoms with van der Waals surface area (Å²) in [5.41, 5.74) is 4.05. The topological polar surface area (TPSA) is 54.6 Å². The number of anilines is 1. The van der Waals surface area contributed by atoms with Crippen LogP contribution in [0.4, 0.5) is 10.1 Å². The van der Waals surface area contributed by atoms with Crippen molar-refractivity contribution in [2.45, 2.75) is 6.61 Å². The Morgan fingerprint density at radius 3 is 2.70 bits per heavy atom. The van der Waals surface area contributed by atoms with Crippen LogP contribution < -0.4 is 10.2 Å². The van der Waals surface area contributed by atoms with Crippen molar-refractivity contribution in [2.75, 3.05) is 5.48 Å². The Morgan fingerprint density at radius 1 is 1.15 bits per heavy atom. The number of nitrogens with one attached hydrogen (secondary N) is 1. The molecule has 0 atom stereocenters. The number of fused-ring (bicyclic) bond motifs is 1. The molecule has 0 unspecified atom stereocenters. The van der Waals surface area contributed by atoms with Gasteiger partial charge >= 0.3 is 0 Å². The molecule has 0 aliphatic carbocycles. The number of furan rings is 1. The van der Waals surface area contributed by atoms with Gasteiger partial charge in [-0.15, -0.1) is 0 Å². The molecule has 0 aliphatic rings. The summed E-state index contributed by atoms with van der Waals surface area (Å²) in [5, 5.41) is 9.66. The van der Waals surface area contributed by atoms with Gasteiger partial charge in [-0.2, -0.15) is 0 Å². The maximum absolute atomic E-state index is 12.8. The van der Waals surface area contributed by atoms with Crippen molar-refractivity contribution in [2.24, 2.45) is 0 Å². The number of hydrogen-bond acceptors (Lipinski definition) is 4. The lowest BCUT2D eigenvalue weighted by atomic mass is 10.2. The summed E-state index contributed by atoms with van der Waals surface area (Å²) in [6.45, 7) is 0.345. The number of hydrogen-bond donors (Lipinski definition) is 2. The van der Waals surface area contributed by atoms with Crippen molar-refractivity contribution >= 4 is 16.7 Å². The molecule has 1 aromatic heterocycles. The van der Waals surface area contributed by atoms with Crippen LogP contribution in [-0.2, 0) is 6.61 Å². The van der Waals surface area contributed by atoms with Crippen molar-refractivity contribution in [3.05, 3.63) is 60.1 Å². The van der Waals surface area contributed by atoms with Gasteiger partial charge in [0.2, 0.25) is 0 Å². The van der Waals surface area contributed by atoms with Gasteiger partial charge in [-0.25, -0.2) is 4.39 Å². The van der Waals surface area contributed by atoms with Crippen LogP contribution in [0.1, 0.15) is 5.56 Å². The van der Waals surface area contributed by atoms with Gasteiger partial charge in [0, 0.05) is 11.5 Å². The highest BCUT2D eigenvalue weighted by Crippen LogP contribution is 2.29. The molecular formula is C15H12FNO3. The third kappa shape index (κ3) is 2.44. The Labute approximate surface area is 114 Å². The van der Waals surface area contributed by atoms with Gasteiger partial charge in [0.25, 0.3) is 0 Å². The van der Waals surface area contributed by atoms with E-state index in [9.17, 15) is 4.39 Å². The van der Waals surface area contributed by atoms with Crippen LogP contribution in [0.25, 0.3) is 11.0 Å². The van der Waals surface area contributed by atoms with E-state index in [4.69, 9.17) is 14.4 Å². The number of benzene rings is 2. The van der Waals surface area contributed by atoms with Crippen molar-refractivity contribution < 1.29 is 18.8 Å². The van der Waals surface area contributed by atoms with Gasteiger partial charge in [-0.3, -0.25) is 10.7 Å². The molecule has 2 N–H and O–H groups in total. The van der Waals surface area contributed by atoms with Crippen molar-refractivity contribution in [1.82, 2.24) is 0 Å². The number of halogens is 1. The summed E-state index contributed by atoms with van der Waals surface area (Å²) in [4.78, 5) is 0. The molecule has 0 amide bonds. The third-order valence-electron chi connectivity index (χ3n) is 2.99. The van der Waals surface area contributed by atoms with E-state index in [0.29, 0.717) is 23.6 Å². The average Bonchev–Trinajstić information content (AvgIpc) is 2.89. The molecule has 0 bridgehead atoms. The summed E-state index contributed by atoms with van der Waals surface area (Å²) in [7, 11) is 0. The molecule has 2 aromatic carbocycles. The highest BCUT2D eigenvalue weighted by atomic mass is 19.1. The Kier molecular flexibility index (Phi) is 3.26. The Bertz CT molecular complexity index is 722. The molecule has 102 valence electrons. The van der Waals surface area contributed by atoms with Gasteiger partial charge < -0.3 is 9.15 Å². The van der Waals surface area contributed by atoms with E-state index in [1.54, 1.807) is 30.3 Å². The zero-order chi connectivity index (χ0) is 13.9. The van der Waals surface area contributed by atoms with E-state index >= 15 is 0 Å². The monoisotopic (exact) mass is 273 g/mol. The summed E-state index contributed by atoms with van der Waals surface area (Å²) in [5.74, 6) is 0.371. The molecule has 0 saturated heterocycles. The van der Waals surface area contributed by atoms with E-state index in [0.717, 1.165) is 10.9 Å². The second-order valence-electron chi connectivity index (χ2n) is 4.33. The number of ether oxygens (including phenoxy) is 1. The van der Waals surface area contributed by atoms with Crippen LogP contribution in [0.3, 0.4) is 0 Å². The Hall–Kier alpha value is -2.53. The molecule has 4 nitrogen and oxygen atoms in total. The van der Waals surface area contributed by atoms with E-state index in [2.05, 4.69) is 5.48 Å². The first-order chi connectivity index (χ1) is 9.76. The molecule has 0 radical (unpaired) electrons. The zero-order valence-electron chi connectivity index (χ0n) is 10.5. The minimum absolute atomic E-state index is 0.269. The fourth-order valence-corrected chi connectivity index (χ4v) is 1.93. The average molecular weight is 273 g/mol. The van der Waals surface area contributed by atoms with Gasteiger partial charge in [0.05, 0.1) is 0 Å². The standard InChI is InChI=1S/C15H12FNO3/c16-11-3-1-10(2-4-11)8-19-12-5-6-13-14(17-18)9-20-15(13)7-12/h1-7,9,17-18H,8H2. The molecular weight excluding hydrogens is 261 g/mol. The van der Waals surface area contributed by atoms with Crippen LogP contribution in [0, 0.1) is 5.82 Å². The molecule has 1 heterocycles. The van der Waals surface area contributed by atoms with Gasteiger partial charge in [0.1, 0.15) is 35.7 Å². The van der Waals surface area contributed by atoms with Crippen molar-refractivity contribution in [3.63, 3.8) is 0 Å². The summed E-state index contributed by atoms with van der Waals surface area (Å²) in [6, 6.07) is 11.4. The van der Waals surface area contributed by atoms with Crippen molar-refractivity contribution in [1.29, 1.82) is 0 Å². The maximum Gasteiger partial charge on any atom is 0.139 e. The lowest BCUT2D eigenvalue weighted by Crippen LogP contribution is -1.95. The minimum Gasteiger partial charge on any atom is -0.489 e. The molecule has 3 aromatic rings. The predicted octanol–water partition coefficient (Wildman–Crippen LogP) is 3.95. The molecule has 20 heavy (non-hydrogen) atoms. The smallest absolute Gasteiger partial charge is 0.139 e. The molecule has 3 rings (SSSR count). The van der Waals surface area contributed by atoms with E-state index in [-0.39, 0.29) is 5.82 Å². The highest BCUT2D eigenvalue weighted by molar-refractivity contribution is 5.90. The second kappa shape index (κ2) is 5.22. The lowest BCUT2D eigenvalue weighted by Gasteiger charge is -2.06. The largest absolute Gasteiger partial charge is 0.489 e.